The maximum atomic E-state index is 11.3. The summed E-state index contributed by atoms with van der Waals surface area (Å²) in [4.78, 5) is 11.3. The highest BCUT2D eigenvalue weighted by atomic mass is 16.5. The van der Waals surface area contributed by atoms with Gasteiger partial charge in [0.15, 0.2) is 0 Å². The first-order valence-electron chi connectivity index (χ1n) is 4.70. The highest BCUT2D eigenvalue weighted by Gasteiger charge is 2.08. The number of nitrogen functional groups attached to an aromatic ring is 1. The van der Waals surface area contributed by atoms with Crippen LogP contribution in [-0.2, 0) is 4.74 Å². The topological polar surface area (TPSA) is 70.1 Å². The average molecular weight is 217 g/mol. The Balaban J connectivity index is 2.41. The van der Waals surface area contributed by atoms with Crippen LogP contribution < -0.4 is 5.73 Å². The van der Waals surface area contributed by atoms with Crippen molar-refractivity contribution in [2.75, 3.05) is 12.8 Å². The molecule has 0 atom stereocenters. The molecule has 0 spiro atoms. The molecule has 16 heavy (non-hydrogen) atoms. The van der Waals surface area contributed by atoms with E-state index in [0.717, 1.165) is 5.69 Å². The fraction of sp³-hybridized carbons (Fsp3) is 0.0909. The minimum Gasteiger partial charge on any atom is -0.465 e. The third-order valence-corrected chi connectivity index (χ3v) is 2.20. The minimum atomic E-state index is -0.404. The lowest BCUT2D eigenvalue weighted by Gasteiger charge is -2.07. The maximum absolute atomic E-state index is 11.3. The van der Waals surface area contributed by atoms with Gasteiger partial charge in [0, 0.05) is 12.4 Å². The molecule has 0 saturated carbocycles. The Morgan fingerprint density at radius 3 is 2.88 bits per heavy atom. The van der Waals surface area contributed by atoms with E-state index in [2.05, 4.69) is 9.84 Å². The van der Waals surface area contributed by atoms with Crippen LogP contribution in [0, 0.1) is 0 Å². The van der Waals surface area contributed by atoms with Crippen LogP contribution in [-0.4, -0.2) is 22.9 Å². The van der Waals surface area contributed by atoms with Crippen LogP contribution in [0.4, 0.5) is 5.69 Å². The van der Waals surface area contributed by atoms with Gasteiger partial charge in [-0.05, 0) is 24.3 Å². The molecule has 0 unspecified atom stereocenters. The van der Waals surface area contributed by atoms with E-state index in [1.54, 1.807) is 41.3 Å². The molecule has 1 aromatic carbocycles. The van der Waals surface area contributed by atoms with Crippen molar-refractivity contribution < 1.29 is 9.53 Å². The van der Waals surface area contributed by atoms with Gasteiger partial charge in [-0.25, -0.2) is 9.48 Å². The number of nitrogens with zero attached hydrogens (tertiary/aromatic N) is 2. The molecule has 0 amide bonds. The summed E-state index contributed by atoms with van der Waals surface area (Å²) in [6.45, 7) is 0. The quantitative estimate of drug-likeness (QED) is 0.607. The van der Waals surface area contributed by atoms with Gasteiger partial charge in [-0.15, -0.1) is 0 Å². The van der Waals surface area contributed by atoms with Crippen molar-refractivity contribution in [3.8, 4) is 5.69 Å². The number of ether oxygens (including phenoxy) is 1. The highest BCUT2D eigenvalue weighted by Crippen LogP contribution is 2.18. The Bertz CT molecular complexity index is 506. The molecule has 5 heteroatoms. The van der Waals surface area contributed by atoms with Crippen LogP contribution in [0.25, 0.3) is 5.69 Å². The smallest absolute Gasteiger partial charge is 0.337 e. The number of carbonyl (C=O) groups excluding carboxylic acids is 1. The number of methoxy groups -OCH3 is 1. The second-order valence-corrected chi connectivity index (χ2v) is 3.22. The second kappa shape index (κ2) is 4.06. The molecule has 0 saturated heterocycles. The van der Waals surface area contributed by atoms with E-state index < -0.39 is 5.97 Å². The second-order valence-electron chi connectivity index (χ2n) is 3.22. The van der Waals surface area contributed by atoms with Crippen LogP contribution in [0.1, 0.15) is 10.4 Å². The lowest BCUT2D eigenvalue weighted by molar-refractivity contribution is 0.0601. The zero-order chi connectivity index (χ0) is 11.5. The van der Waals surface area contributed by atoms with Gasteiger partial charge in [0.1, 0.15) is 0 Å². The van der Waals surface area contributed by atoms with Gasteiger partial charge in [-0.3, -0.25) is 0 Å². The van der Waals surface area contributed by atoms with Gasteiger partial charge in [-0.1, -0.05) is 0 Å². The lowest BCUT2D eigenvalue weighted by atomic mass is 10.2. The van der Waals surface area contributed by atoms with Crippen molar-refractivity contribution in [2.45, 2.75) is 0 Å². The first-order chi connectivity index (χ1) is 7.72. The fourth-order valence-corrected chi connectivity index (χ4v) is 1.42. The molecular formula is C11H11N3O2. The Kier molecular flexibility index (Phi) is 2.59. The maximum Gasteiger partial charge on any atom is 0.337 e. The van der Waals surface area contributed by atoms with Crippen LogP contribution >= 0.6 is 0 Å². The fourth-order valence-electron chi connectivity index (χ4n) is 1.42. The Hall–Kier alpha value is -2.30. The van der Waals surface area contributed by atoms with Crippen molar-refractivity contribution in [2.24, 2.45) is 0 Å². The number of nitrogens with two attached hydrogens (primary N) is 1. The summed E-state index contributed by atoms with van der Waals surface area (Å²) in [7, 11) is 1.33. The van der Waals surface area contributed by atoms with E-state index in [0.29, 0.717) is 11.3 Å². The summed E-state index contributed by atoms with van der Waals surface area (Å²) in [5.41, 5.74) is 7.48. The third-order valence-electron chi connectivity index (χ3n) is 2.20. The molecule has 5 nitrogen and oxygen atoms in total. The van der Waals surface area contributed by atoms with Gasteiger partial charge in [0.05, 0.1) is 24.0 Å². The zero-order valence-electron chi connectivity index (χ0n) is 8.75. The number of anilines is 1. The van der Waals surface area contributed by atoms with Crippen molar-refractivity contribution in [1.82, 2.24) is 9.78 Å². The number of carbonyl (C=O) groups is 1. The SMILES string of the molecule is COC(=O)c1ccc(-n2cccn2)c(N)c1. The number of hydrogen-bond donors (Lipinski definition) is 1. The predicted octanol–water partition coefficient (Wildman–Crippen LogP) is 1.24. The number of esters is 1. The number of hydrogen-bond acceptors (Lipinski definition) is 4. The molecule has 82 valence electrons. The molecular weight excluding hydrogens is 206 g/mol. The lowest BCUT2D eigenvalue weighted by Crippen LogP contribution is -2.05. The third kappa shape index (κ3) is 1.75. The van der Waals surface area contributed by atoms with E-state index in [-0.39, 0.29) is 0 Å². The van der Waals surface area contributed by atoms with Gasteiger partial charge >= 0.3 is 5.97 Å². The molecule has 1 heterocycles. The van der Waals surface area contributed by atoms with Crippen LogP contribution in [0.15, 0.2) is 36.7 Å². The normalized spacial score (nSPS) is 10.1. The van der Waals surface area contributed by atoms with Crippen molar-refractivity contribution in [3.63, 3.8) is 0 Å². The van der Waals surface area contributed by atoms with Gasteiger partial charge in [-0.2, -0.15) is 5.10 Å². The summed E-state index contributed by atoms with van der Waals surface area (Å²) in [5.74, 6) is -0.404. The van der Waals surface area contributed by atoms with Crippen molar-refractivity contribution in [1.29, 1.82) is 0 Å². The Morgan fingerprint density at radius 1 is 1.50 bits per heavy atom. The minimum absolute atomic E-state index is 0.404. The molecule has 0 aliphatic carbocycles. The predicted molar refractivity (Wildman–Crippen MR) is 59.3 cm³/mol. The standard InChI is InChI=1S/C11H11N3O2/c1-16-11(15)8-3-4-10(9(12)7-8)14-6-2-5-13-14/h2-7H,12H2,1H3. The van der Waals surface area contributed by atoms with E-state index in [9.17, 15) is 4.79 Å². The molecule has 2 aromatic rings. The molecule has 0 fully saturated rings. The van der Waals surface area contributed by atoms with E-state index in [1.807, 2.05) is 0 Å². The zero-order valence-corrected chi connectivity index (χ0v) is 8.75. The summed E-state index contributed by atoms with van der Waals surface area (Å²) in [5, 5.41) is 4.06. The first-order valence-corrected chi connectivity index (χ1v) is 4.70. The van der Waals surface area contributed by atoms with E-state index >= 15 is 0 Å². The van der Waals surface area contributed by atoms with Crippen molar-refractivity contribution in [3.05, 3.63) is 42.2 Å². The molecule has 0 aliphatic rings. The van der Waals surface area contributed by atoms with Gasteiger partial charge < -0.3 is 10.5 Å². The molecule has 0 radical (unpaired) electrons. The summed E-state index contributed by atoms with van der Waals surface area (Å²) < 4.78 is 6.24. The van der Waals surface area contributed by atoms with E-state index in [4.69, 9.17) is 5.73 Å². The monoisotopic (exact) mass is 217 g/mol. The summed E-state index contributed by atoms with van der Waals surface area (Å²) >= 11 is 0. The summed E-state index contributed by atoms with van der Waals surface area (Å²) in [6, 6.07) is 6.75. The van der Waals surface area contributed by atoms with Gasteiger partial charge in [0.25, 0.3) is 0 Å². The Labute approximate surface area is 92.4 Å². The average Bonchev–Trinajstić information content (AvgIpc) is 2.81. The van der Waals surface area contributed by atoms with Crippen LogP contribution in [0.2, 0.25) is 0 Å². The molecule has 0 aliphatic heterocycles. The van der Waals surface area contributed by atoms with Crippen molar-refractivity contribution >= 4 is 11.7 Å². The first kappa shape index (κ1) is 10.2. The highest BCUT2D eigenvalue weighted by molar-refractivity contribution is 5.91. The number of aromatic nitrogens is 2. The van der Waals surface area contributed by atoms with E-state index in [1.165, 1.54) is 7.11 Å². The Morgan fingerprint density at radius 2 is 2.31 bits per heavy atom. The molecule has 2 N–H and O–H groups in total. The summed E-state index contributed by atoms with van der Waals surface area (Å²) in [6.07, 6.45) is 3.44. The molecule has 2 rings (SSSR count). The van der Waals surface area contributed by atoms with Crippen LogP contribution in [0.3, 0.4) is 0 Å². The molecule has 1 aromatic heterocycles. The van der Waals surface area contributed by atoms with Gasteiger partial charge in [0.2, 0.25) is 0 Å². The number of rotatable bonds is 2. The number of benzene rings is 1. The molecule has 0 bridgehead atoms. The van der Waals surface area contributed by atoms with Crippen LogP contribution in [0.5, 0.6) is 0 Å². The largest absolute Gasteiger partial charge is 0.465 e.